The molecule has 1 atom stereocenters. The number of rotatable bonds is 6. The fraction of sp³-hybridized carbons (Fsp3) is 0.625. The first-order valence-electron chi connectivity index (χ1n) is 8.31. The number of aromatic nitrogens is 1. The minimum atomic E-state index is -0.590. The van der Waals surface area contributed by atoms with Crippen molar-refractivity contribution in [1.82, 2.24) is 20.1 Å². The van der Waals surface area contributed by atoms with E-state index in [0.717, 1.165) is 39.0 Å². The zero-order valence-electron chi connectivity index (χ0n) is 13.5. The van der Waals surface area contributed by atoms with Crippen molar-refractivity contribution in [2.45, 2.75) is 25.0 Å². The minimum absolute atomic E-state index is 0.0511. The molecule has 2 amide bonds. The van der Waals surface area contributed by atoms with Crippen LogP contribution in [-0.4, -0.2) is 77.4 Å². The fourth-order valence-electron chi connectivity index (χ4n) is 3.26. The maximum absolute atomic E-state index is 11.7. The number of aliphatic hydroxyl groups excluding tert-OH is 1. The molecule has 0 bridgehead atoms. The van der Waals surface area contributed by atoms with Crippen molar-refractivity contribution in [3.05, 3.63) is 23.5 Å². The smallest absolute Gasteiger partial charge is 0.317 e. The highest BCUT2D eigenvalue weighted by Crippen LogP contribution is 2.21. The lowest BCUT2D eigenvalue weighted by Gasteiger charge is -2.36. The Morgan fingerprint density at radius 1 is 1.42 bits per heavy atom. The van der Waals surface area contributed by atoms with E-state index in [2.05, 4.69) is 15.2 Å². The van der Waals surface area contributed by atoms with E-state index in [1.807, 2.05) is 4.90 Å². The van der Waals surface area contributed by atoms with Crippen molar-refractivity contribution in [2.75, 3.05) is 39.3 Å². The third kappa shape index (κ3) is 4.28. The van der Waals surface area contributed by atoms with Crippen LogP contribution in [0.4, 0.5) is 4.79 Å². The lowest BCUT2D eigenvalue weighted by atomic mass is 10.0. The molecule has 0 aliphatic carbocycles. The highest BCUT2D eigenvalue weighted by atomic mass is 35.5. The molecule has 1 aromatic heterocycles. The number of piperidine rings is 1. The molecule has 0 aromatic carbocycles. The zero-order valence-corrected chi connectivity index (χ0v) is 14.3. The number of carbonyl (C=O) groups is 1. The van der Waals surface area contributed by atoms with Gasteiger partial charge in [0.1, 0.15) is 12.7 Å². The van der Waals surface area contributed by atoms with E-state index in [0.29, 0.717) is 23.5 Å². The summed E-state index contributed by atoms with van der Waals surface area (Å²) < 4.78 is 5.52. The summed E-state index contributed by atoms with van der Waals surface area (Å²) >= 11 is 5.92. The quantitative estimate of drug-likeness (QED) is 0.744. The summed E-state index contributed by atoms with van der Waals surface area (Å²) in [6.07, 6.45) is 2.88. The molecule has 1 aromatic rings. The van der Waals surface area contributed by atoms with Crippen molar-refractivity contribution in [2.24, 2.45) is 0 Å². The first-order valence-corrected chi connectivity index (χ1v) is 8.69. The third-order valence-corrected chi connectivity index (χ3v) is 4.80. The number of halogens is 1. The predicted molar refractivity (Wildman–Crippen MR) is 90.3 cm³/mol. The van der Waals surface area contributed by atoms with Crippen LogP contribution in [0, 0.1) is 0 Å². The molecule has 3 heterocycles. The summed E-state index contributed by atoms with van der Waals surface area (Å²) in [6, 6.07) is 3.84. The monoisotopic (exact) mass is 354 g/mol. The van der Waals surface area contributed by atoms with Crippen molar-refractivity contribution < 1.29 is 14.6 Å². The van der Waals surface area contributed by atoms with E-state index in [1.54, 1.807) is 18.3 Å². The van der Waals surface area contributed by atoms with Gasteiger partial charge in [0, 0.05) is 45.0 Å². The van der Waals surface area contributed by atoms with Gasteiger partial charge in [0.15, 0.2) is 10.9 Å². The standard InChI is InChI=1S/C16H23ClN4O3/c17-15-14(2-1-5-18-15)24-11-13(22)10-20-7-3-12(4-8-20)21-9-6-19-16(21)23/h1-2,5,12-13,22H,3-4,6-11H2,(H,19,23). The molecule has 2 fully saturated rings. The highest BCUT2D eigenvalue weighted by molar-refractivity contribution is 6.30. The van der Waals surface area contributed by atoms with E-state index in [9.17, 15) is 9.90 Å². The summed E-state index contributed by atoms with van der Waals surface area (Å²) in [7, 11) is 0. The van der Waals surface area contributed by atoms with Gasteiger partial charge in [-0.15, -0.1) is 0 Å². The molecule has 2 aliphatic rings. The van der Waals surface area contributed by atoms with E-state index >= 15 is 0 Å². The van der Waals surface area contributed by atoms with Crippen LogP contribution in [0.1, 0.15) is 12.8 Å². The molecule has 2 N–H and O–H groups in total. The molecule has 0 radical (unpaired) electrons. The van der Waals surface area contributed by atoms with Crippen LogP contribution >= 0.6 is 11.6 Å². The van der Waals surface area contributed by atoms with Crippen molar-refractivity contribution in [3.63, 3.8) is 0 Å². The molecule has 132 valence electrons. The molecule has 24 heavy (non-hydrogen) atoms. The summed E-state index contributed by atoms with van der Waals surface area (Å²) in [5, 5.41) is 13.3. The van der Waals surface area contributed by atoms with Crippen LogP contribution in [0.2, 0.25) is 5.15 Å². The van der Waals surface area contributed by atoms with Gasteiger partial charge in [0.2, 0.25) is 0 Å². The number of amides is 2. The second kappa shape index (κ2) is 8.00. The van der Waals surface area contributed by atoms with Crippen molar-refractivity contribution >= 4 is 17.6 Å². The van der Waals surface area contributed by atoms with Gasteiger partial charge in [0.05, 0.1) is 0 Å². The number of nitrogens with one attached hydrogen (secondary N) is 1. The first-order chi connectivity index (χ1) is 11.6. The number of pyridine rings is 1. The van der Waals surface area contributed by atoms with Gasteiger partial charge in [-0.05, 0) is 25.0 Å². The molecule has 7 nitrogen and oxygen atoms in total. The van der Waals surface area contributed by atoms with Crippen LogP contribution in [0.15, 0.2) is 18.3 Å². The molecular weight excluding hydrogens is 332 g/mol. The number of likely N-dealkylation sites (tertiary alicyclic amines) is 1. The number of aliphatic hydroxyl groups is 1. The number of carbonyl (C=O) groups excluding carboxylic acids is 1. The summed E-state index contributed by atoms with van der Waals surface area (Å²) in [4.78, 5) is 19.8. The Morgan fingerprint density at radius 3 is 2.88 bits per heavy atom. The third-order valence-electron chi connectivity index (χ3n) is 4.51. The average molecular weight is 355 g/mol. The second-order valence-corrected chi connectivity index (χ2v) is 6.57. The van der Waals surface area contributed by atoms with E-state index in [1.165, 1.54) is 0 Å². The van der Waals surface area contributed by atoms with Crippen molar-refractivity contribution in [1.29, 1.82) is 0 Å². The maximum atomic E-state index is 11.7. The molecule has 3 rings (SSSR count). The van der Waals surface area contributed by atoms with Crippen LogP contribution < -0.4 is 10.1 Å². The lowest BCUT2D eigenvalue weighted by molar-refractivity contribution is 0.0508. The molecular formula is C16H23ClN4O3. The number of ether oxygens (including phenoxy) is 1. The van der Waals surface area contributed by atoms with Gasteiger partial charge in [-0.25, -0.2) is 9.78 Å². The van der Waals surface area contributed by atoms with E-state index in [-0.39, 0.29) is 12.6 Å². The van der Waals surface area contributed by atoms with Gasteiger partial charge in [-0.3, -0.25) is 0 Å². The van der Waals surface area contributed by atoms with Crippen LogP contribution in [0.25, 0.3) is 0 Å². The molecule has 0 saturated carbocycles. The summed E-state index contributed by atoms with van der Waals surface area (Å²) in [6.45, 7) is 4.02. The predicted octanol–water partition coefficient (Wildman–Crippen LogP) is 0.964. The van der Waals surface area contributed by atoms with Gasteiger partial charge >= 0.3 is 6.03 Å². The number of hydrogen-bond acceptors (Lipinski definition) is 5. The van der Waals surface area contributed by atoms with Crippen molar-refractivity contribution in [3.8, 4) is 5.75 Å². The van der Waals surface area contributed by atoms with Crippen LogP contribution in [-0.2, 0) is 0 Å². The first kappa shape index (κ1) is 17.3. The zero-order chi connectivity index (χ0) is 16.9. The minimum Gasteiger partial charge on any atom is -0.488 e. The molecule has 0 spiro atoms. The molecule has 1 unspecified atom stereocenters. The Kier molecular flexibility index (Phi) is 5.76. The second-order valence-electron chi connectivity index (χ2n) is 6.21. The Bertz CT molecular complexity index is 566. The Balaban J connectivity index is 1.39. The topological polar surface area (TPSA) is 77.9 Å². The van der Waals surface area contributed by atoms with Gasteiger partial charge < -0.3 is 25.0 Å². The Labute approximate surface area is 146 Å². The molecule has 2 saturated heterocycles. The maximum Gasteiger partial charge on any atom is 0.317 e. The largest absolute Gasteiger partial charge is 0.488 e. The van der Waals surface area contributed by atoms with Gasteiger partial charge in [0.25, 0.3) is 0 Å². The SMILES string of the molecule is O=C1NCCN1C1CCN(CC(O)COc2cccnc2Cl)CC1. The number of nitrogens with zero attached hydrogens (tertiary/aromatic N) is 3. The normalized spacial score (nSPS) is 20.9. The van der Waals surface area contributed by atoms with E-state index in [4.69, 9.17) is 16.3 Å². The van der Waals surface area contributed by atoms with Crippen LogP contribution in [0.5, 0.6) is 5.75 Å². The number of hydrogen-bond donors (Lipinski definition) is 2. The summed E-state index contributed by atoms with van der Waals surface area (Å²) in [5.74, 6) is 0.483. The highest BCUT2D eigenvalue weighted by Gasteiger charge is 2.31. The average Bonchev–Trinajstić information content (AvgIpc) is 3.01. The Hall–Kier alpha value is -1.57. The van der Waals surface area contributed by atoms with Gasteiger partial charge in [-0.2, -0.15) is 0 Å². The van der Waals surface area contributed by atoms with Gasteiger partial charge in [-0.1, -0.05) is 11.6 Å². The van der Waals surface area contributed by atoms with Crippen LogP contribution in [0.3, 0.4) is 0 Å². The number of β-amino-alcohol motifs (C(OH)–C–C–N with tert-alkyl or cyclic N) is 1. The molecule has 8 heteroatoms. The Morgan fingerprint density at radius 2 is 2.21 bits per heavy atom. The molecule has 2 aliphatic heterocycles. The number of urea groups is 1. The summed E-state index contributed by atoms with van der Waals surface area (Å²) in [5.41, 5.74) is 0. The fourth-order valence-corrected chi connectivity index (χ4v) is 3.44. The lowest BCUT2D eigenvalue weighted by Crippen LogP contribution is -2.48. The van der Waals surface area contributed by atoms with E-state index < -0.39 is 6.10 Å².